The standard InChI is InChI=1S/C51H72O9/c1-3-44(52)24-20-16-12-8-5-6-9-13-18-22-40-57-46-32-28-43(29-33-46)51(55)60-48-36-34-47(35-37-48)59-50(54)38-27-42-25-30-45(31-26-42)56-39-21-17-14-10-7-11-15-19-23-41-58-49(53)4-2/h3,25-26,28-33,47-48H,1,4-24,34-37,39-41H2,2H3. The van der Waals surface area contributed by atoms with Crippen LogP contribution >= 0.6 is 0 Å². The van der Waals surface area contributed by atoms with Gasteiger partial charge in [-0.15, -0.1) is 0 Å². The van der Waals surface area contributed by atoms with Gasteiger partial charge in [0.05, 0.1) is 25.4 Å². The molecule has 2 aromatic carbocycles. The molecule has 0 radical (unpaired) electrons. The van der Waals surface area contributed by atoms with Crippen molar-refractivity contribution in [2.45, 2.75) is 180 Å². The summed E-state index contributed by atoms with van der Waals surface area (Å²) < 4.78 is 28.2. The van der Waals surface area contributed by atoms with E-state index in [1.165, 1.54) is 76.7 Å². The number of allylic oxidation sites excluding steroid dienone is 1. The van der Waals surface area contributed by atoms with Crippen LogP contribution < -0.4 is 9.47 Å². The Morgan fingerprint density at radius 3 is 1.50 bits per heavy atom. The quantitative estimate of drug-likeness (QED) is 0.0234. The van der Waals surface area contributed by atoms with E-state index in [-0.39, 0.29) is 29.9 Å². The number of hydrogen-bond donors (Lipinski definition) is 0. The first-order chi connectivity index (χ1) is 29.4. The van der Waals surface area contributed by atoms with Crippen LogP contribution in [0.1, 0.15) is 183 Å². The number of carbonyl (C=O) groups is 4. The lowest BCUT2D eigenvalue weighted by molar-refractivity contribution is -0.144. The van der Waals surface area contributed by atoms with Gasteiger partial charge in [-0.3, -0.25) is 9.59 Å². The third kappa shape index (κ3) is 23.9. The molecule has 0 atom stereocenters. The number of esters is 3. The number of benzene rings is 2. The van der Waals surface area contributed by atoms with Crippen LogP contribution in [0.15, 0.2) is 61.2 Å². The van der Waals surface area contributed by atoms with E-state index in [0.29, 0.717) is 69.5 Å². The van der Waals surface area contributed by atoms with Gasteiger partial charge in [0.2, 0.25) is 0 Å². The molecule has 330 valence electrons. The summed E-state index contributed by atoms with van der Waals surface area (Å²) in [7, 11) is 0. The normalized spacial score (nSPS) is 14.6. The van der Waals surface area contributed by atoms with Crippen molar-refractivity contribution in [1.29, 1.82) is 0 Å². The van der Waals surface area contributed by atoms with Crippen LogP contribution in [0, 0.1) is 11.8 Å². The monoisotopic (exact) mass is 829 g/mol. The van der Waals surface area contributed by atoms with Crippen molar-refractivity contribution < 1.29 is 42.9 Å². The molecule has 0 amide bonds. The average Bonchev–Trinajstić information content (AvgIpc) is 3.27. The van der Waals surface area contributed by atoms with Gasteiger partial charge in [-0.05, 0) is 106 Å². The van der Waals surface area contributed by atoms with E-state index in [1.54, 1.807) is 12.1 Å². The first kappa shape index (κ1) is 49.8. The molecule has 0 spiro atoms. The van der Waals surface area contributed by atoms with Crippen molar-refractivity contribution in [3.05, 3.63) is 72.3 Å². The maximum Gasteiger partial charge on any atom is 0.384 e. The summed E-state index contributed by atoms with van der Waals surface area (Å²) in [6.45, 7) is 7.21. The molecule has 0 aliphatic heterocycles. The van der Waals surface area contributed by atoms with Crippen LogP contribution in [0.25, 0.3) is 0 Å². The number of unbranched alkanes of at least 4 members (excludes halogenated alkanes) is 17. The van der Waals surface area contributed by atoms with Crippen LogP contribution in [0.5, 0.6) is 11.5 Å². The minimum absolute atomic E-state index is 0.112. The van der Waals surface area contributed by atoms with Crippen molar-refractivity contribution in [3.63, 3.8) is 0 Å². The Morgan fingerprint density at radius 1 is 0.583 bits per heavy atom. The van der Waals surface area contributed by atoms with E-state index in [9.17, 15) is 19.2 Å². The lowest BCUT2D eigenvalue weighted by atomic mass is 9.95. The zero-order valence-electron chi connectivity index (χ0n) is 36.5. The minimum atomic E-state index is -0.554. The number of hydrogen-bond acceptors (Lipinski definition) is 9. The van der Waals surface area contributed by atoms with Gasteiger partial charge in [0, 0.05) is 24.3 Å². The Kier molecular flexibility index (Phi) is 26.7. The fourth-order valence-electron chi connectivity index (χ4n) is 7.14. The Morgan fingerprint density at radius 2 is 1.02 bits per heavy atom. The van der Waals surface area contributed by atoms with Gasteiger partial charge in [0.15, 0.2) is 5.78 Å². The molecule has 1 fully saturated rings. The number of ether oxygens (including phenoxy) is 5. The molecule has 9 nitrogen and oxygen atoms in total. The molecule has 60 heavy (non-hydrogen) atoms. The molecule has 0 unspecified atom stereocenters. The van der Waals surface area contributed by atoms with Gasteiger partial charge in [0.25, 0.3) is 0 Å². The van der Waals surface area contributed by atoms with Crippen LogP contribution in [-0.4, -0.2) is 55.7 Å². The Balaban J connectivity index is 1.16. The molecule has 9 heteroatoms. The Labute approximate surface area is 360 Å². The lowest BCUT2D eigenvalue weighted by Crippen LogP contribution is -2.29. The average molecular weight is 829 g/mol. The fourth-order valence-corrected chi connectivity index (χ4v) is 7.14. The van der Waals surface area contributed by atoms with Crippen molar-refractivity contribution in [2.75, 3.05) is 19.8 Å². The van der Waals surface area contributed by atoms with Gasteiger partial charge in [-0.25, -0.2) is 9.59 Å². The fraction of sp³-hybridized carbons (Fsp3) is 0.608. The van der Waals surface area contributed by atoms with E-state index in [1.807, 2.05) is 43.3 Å². The van der Waals surface area contributed by atoms with Gasteiger partial charge >= 0.3 is 17.9 Å². The topological polar surface area (TPSA) is 114 Å². The highest BCUT2D eigenvalue weighted by Gasteiger charge is 2.26. The first-order valence-electron chi connectivity index (χ1n) is 23.1. The van der Waals surface area contributed by atoms with Crippen LogP contribution in [0.2, 0.25) is 0 Å². The first-order valence-corrected chi connectivity index (χ1v) is 23.1. The molecular formula is C51H72O9. The second-order valence-corrected chi connectivity index (χ2v) is 15.9. The minimum Gasteiger partial charge on any atom is -0.494 e. The van der Waals surface area contributed by atoms with Gasteiger partial charge in [-0.2, -0.15) is 0 Å². The SMILES string of the molecule is C=CC(=O)CCCCCCCCCCCCOc1ccc(C(=O)OC2CCC(OC(=O)C#Cc3ccc(OCCCCCCCCCCCOC(=O)CC)cc3)CC2)cc1. The number of carbonyl (C=O) groups excluding carboxylic acids is 4. The molecule has 1 aliphatic rings. The highest BCUT2D eigenvalue weighted by atomic mass is 16.6. The van der Waals surface area contributed by atoms with Gasteiger partial charge in [-0.1, -0.05) is 116 Å². The second kappa shape index (κ2) is 32.2. The molecule has 1 aliphatic carbocycles. The van der Waals surface area contributed by atoms with E-state index >= 15 is 0 Å². The molecule has 0 bridgehead atoms. The van der Waals surface area contributed by atoms with Crippen molar-refractivity contribution in [1.82, 2.24) is 0 Å². The van der Waals surface area contributed by atoms with Crippen molar-refractivity contribution in [2.24, 2.45) is 0 Å². The van der Waals surface area contributed by atoms with Crippen LogP contribution in [0.4, 0.5) is 0 Å². The number of rotatable bonds is 32. The highest BCUT2D eigenvalue weighted by Crippen LogP contribution is 2.25. The predicted molar refractivity (Wildman–Crippen MR) is 237 cm³/mol. The van der Waals surface area contributed by atoms with E-state index in [2.05, 4.69) is 18.4 Å². The van der Waals surface area contributed by atoms with Crippen molar-refractivity contribution >= 4 is 23.7 Å². The maximum atomic E-state index is 12.8. The molecule has 1 saturated carbocycles. The van der Waals surface area contributed by atoms with E-state index < -0.39 is 5.97 Å². The second-order valence-electron chi connectivity index (χ2n) is 15.9. The lowest BCUT2D eigenvalue weighted by Gasteiger charge is -2.27. The maximum absolute atomic E-state index is 12.8. The molecular weight excluding hydrogens is 757 g/mol. The summed E-state index contributed by atoms with van der Waals surface area (Å²) in [6, 6.07) is 14.6. The molecule has 0 N–H and O–H groups in total. The summed E-state index contributed by atoms with van der Waals surface area (Å²) in [5.41, 5.74) is 1.21. The zero-order valence-corrected chi connectivity index (χ0v) is 36.5. The summed E-state index contributed by atoms with van der Waals surface area (Å²) >= 11 is 0. The smallest absolute Gasteiger partial charge is 0.384 e. The molecule has 0 heterocycles. The van der Waals surface area contributed by atoms with Crippen LogP contribution in [0.3, 0.4) is 0 Å². The third-order valence-electron chi connectivity index (χ3n) is 10.8. The summed E-state index contributed by atoms with van der Waals surface area (Å²) in [5, 5.41) is 0. The Bertz CT molecular complexity index is 1560. The summed E-state index contributed by atoms with van der Waals surface area (Å²) in [4.78, 5) is 47.6. The third-order valence-corrected chi connectivity index (χ3v) is 10.8. The van der Waals surface area contributed by atoms with Gasteiger partial charge < -0.3 is 23.7 Å². The van der Waals surface area contributed by atoms with E-state index in [0.717, 1.165) is 62.9 Å². The van der Waals surface area contributed by atoms with Gasteiger partial charge in [0.1, 0.15) is 23.7 Å². The number of ketones is 1. The van der Waals surface area contributed by atoms with E-state index in [4.69, 9.17) is 23.7 Å². The summed E-state index contributed by atoms with van der Waals surface area (Å²) in [5.74, 6) is 6.15. The zero-order chi connectivity index (χ0) is 42.9. The largest absolute Gasteiger partial charge is 0.494 e. The predicted octanol–water partition coefficient (Wildman–Crippen LogP) is 12.0. The molecule has 3 rings (SSSR count). The Hall–Kier alpha value is -4.58. The van der Waals surface area contributed by atoms with Crippen LogP contribution in [-0.2, 0) is 28.6 Å². The summed E-state index contributed by atoms with van der Waals surface area (Å²) in [6.07, 6.45) is 26.5. The molecule has 0 saturated heterocycles. The highest BCUT2D eigenvalue weighted by molar-refractivity contribution is 5.90. The van der Waals surface area contributed by atoms with Crippen molar-refractivity contribution in [3.8, 4) is 23.3 Å². The molecule has 0 aromatic heterocycles. The molecule has 2 aromatic rings.